The number of rotatable bonds is 6. The van der Waals surface area contributed by atoms with E-state index in [-0.39, 0.29) is 24.0 Å². The summed E-state index contributed by atoms with van der Waals surface area (Å²) >= 11 is 5.82. The van der Waals surface area contributed by atoms with Crippen molar-refractivity contribution in [2.24, 2.45) is 0 Å². The average molecular weight is 447 g/mol. The van der Waals surface area contributed by atoms with Gasteiger partial charge >= 0.3 is 6.18 Å². The first kappa shape index (κ1) is 24.3. The van der Waals surface area contributed by atoms with E-state index in [4.69, 9.17) is 21.4 Å². The molecule has 0 aliphatic rings. The fourth-order valence-corrected chi connectivity index (χ4v) is 2.82. The van der Waals surface area contributed by atoms with E-state index in [0.29, 0.717) is 0 Å². The third-order valence-corrected chi connectivity index (χ3v) is 4.50. The molecular formula is C25H22ClF3O2. The second-order valence-corrected chi connectivity index (χ2v) is 6.90. The van der Waals surface area contributed by atoms with Crippen LogP contribution < -0.4 is 4.74 Å². The van der Waals surface area contributed by atoms with Gasteiger partial charge in [-0.05, 0) is 52.6 Å². The summed E-state index contributed by atoms with van der Waals surface area (Å²) in [5.41, 5.74) is 3.00. The largest absolute Gasteiger partial charge is 0.487 e. The molecule has 6 heteroatoms. The van der Waals surface area contributed by atoms with Gasteiger partial charge in [-0.2, -0.15) is 13.2 Å². The Morgan fingerprint density at radius 3 is 1.97 bits per heavy atom. The second-order valence-electron chi connectivity index (χ2n) is 6.49. The molecule has 0 aliphatic heterocycles. The molecule has 0 bridgehead atoms. The number of halogens is 4. The molecule has 0 aromatic heterocycles. The number of aliphatic hydroxyl groups is 1. The van der Waals surface area contributed by atoms with E-state index in [9.17, 15) is 13.2 Å². The zero-order valence-corrected chi connectivity index (χ0v) is 17.5. The van der Waals surface area contributed by atoms with Crippen LogP contribution in [0.5, 0.6) is 5.75 Å². The lowest BCUT2D eigenvalue weighted by molar-refractivity contribution is -0.137. The Labute approximate surface area is 184 Å². The maximum absolute atomic E-state index is 12.5. The van der Waals surface area contributed by atoms with Crippen molar-refractivity contribution in [1.29, 1.82) is 0 Å². The van der Waals surface area contributed by atoms with E-state index < -0.39 is 11.7 Å². The Balaban J connectivity index is 0.000000285. The molecular weight excluding hydrogens is 425 g/mol. The number of hydrogen-bond acceptors (Lipinski definition) is 2. The molecule has 0 heterocycles. The Bertz CT molecular complexity index is 1030. The minimum atomic E-state index is -4.42. The summed E-state index contributed by atoms with van der Waals surface area (Å²) in [4.78, 5) is 0. The molecule has 1 N–H and O–H groups in total. The van der Waals surface area contributed by atoms with E-state index in [0.717, 1.165) is 34.4 Å². The number of aliphatic hydroxyl groups excluding tert-OH is 1. The number of hydrogen-bond donors (Lipinski definition) is 1. The Kier molecular flexibility index (Phi) is 8.91. The van der Waals surface area contributed by atoms with Crippen LogP contribution in [0.4, 0.5) is 13.2 Å². The van der Waals surface area contributed by atoms with Crippen molar-refractivity contribution in [2.45, 2.75) is 19.4 Å². The third kappa shape index (κ3) is 7.63. The SMILES string of the molecule is C=Cc1cccc(CO)c1.C=Cc1cccc(COc2ccc(C(F)(F)F)cc2Cl)c1. The van der Waals surface area contributed by atoms with Crippen molar-refractivity contribution >= 4 is 23.8 Å². The summed E-state index contributed by atoms with van der Waals surface area (Å²) in [5.74, 6) is 0.216. The van der Waals surface area contributed by atoms with Crippen LogP contribution in [-0.4, -0.2) is 5.11 Å². The van der Waals surface area contributed by atoms with Crippen molar-refractivity contribution in [3.8, 4) is 5.75 Å². The lowest BCUT2D eigenvalue weighted by atomic mass is 10.1. The van der Waals surface area contributed by atoms with Gasteiger partial charge in [-0.15, -0.1) is 0 Å². The predicted molar refractivity (Wildman–Crippen MR) is 120 cm³/mol. The maximum Gasteiger partial charge on any atom is 0.416 e. The van der Waals surface area contributed by atoms with Crippen LogP contribution in [0.3, 0.4) is 0 Å². The quantitative estimate of drug-likeness (QED) is 0.427. The first-order valence-corrected chi connectivity index (χ1v) is 9.67. The number of alkyl halides is 3. The topological polar surface area (TPSA) is 29.5 Å². The summed E-state index contributed by atoms with van der Waals surface area (Å²) in [6, 6.07) is 18.2. The van der Waals surface area contributed by atoms with Crippen LogP contribution in [0, 0.1) is 0 Å². The summed E-state index contributed by atoms with van der Waals surface area (Å²) < 4.78 is 43.0. The van der Waals surface area contributed by atoms with Crippen LogP contribution >= 0.6 is 11.6 Å². The first-order valence-electron chi connectivity index (χ1n) is 9.30. The first-order chi connectivity index (χ1) is 14.8. The number of benzene rings is 3. The molecule has 0 saturated heterocycles. The highest BCUT2D eigenvalue weighted by atomic mass is 35.5. The van der Waals surface area contributed by atoms with Crippen molar-refractivity contribution in [2.75, 3.05) is 0 Å². The molecule has 31 heavy (non-hydrogen) atoms. The van der Waals surface area contributed by atoms with E-state index in [2.05, 4.69) is 13.2 Å². The Morgan fingerprint density at radius 1 is 0.871 bits per heavy atom. The Hall–Kier alpha value is -3.02. The molecule has 0 fully saturated rings. The van der Waals surface area contributed by atoms with Crippen LogP contribution in [-0.2, 0) is 19.4 Å². The zero-order valence-electron chi connectivity index (χ0n) is 16.7. The van der Waals surface area contributed by atoms with Gasteiger partial charge in [-0.1, -0.05) is 73.3 Å². The minimum absolute atomic E-state index is 0.0651. The van der Waals surface area contributed by atoms with Crippen molar-refractivity contribution in [1.82, 2.24) is 0 Å². The minimum Gasteiger partial charge on any atom is -0.487 e. The van der Waals surface area contributed by atoms with Gasteiger partial charge < -0.3 is 9.84 Å². The summed E-state index contributed by atoms with van der Waals surface area (Å²) in [7, 11) is 0. The van der Waals surface area contributed by atoms with Gasteiger partial charge in [0.1, 0.15) is 12.4 Å². The van der Waals surface area contributed by atoms with E-state index in [1.807, 2.05) is 48.5 Å². The second kappa shape index (κ2) is 11.4. The molecule has 0 radical (unpaired) electrons. The molecule has 0 amide bonds. The predicted octanol–water partition coefficient (Wildman–Crippen LogP) is 7.40. The van der Waals surface area contributed by atoms with Crippen LogP contribution in [0.1, 0.15) is 27.8 Å². The van der Waals surface area contributed by atoms with Gasteiger partial charge in [-0.3, -0.25) is 0 Å². The standard InChI is InChI=1S/C16H12ClF3O.C9H10O/c1-2-11-4-3-5-12(8-11)10-21-15-7-6-13(9-14(15)17)16(18,19)20;1-2-8-4-3-5-9(6-8)7-10/h2-9H,1,10H2;2-6,10H,1,7H2. The summed E-state index contributed by atoms with van der Waals surface area (Å²) in [6.45, 7) is 7.61. The highest BCUT2D eigenvalue weighted by Crippen LogP contribution is 2.34. The van der Waals surface area contributed by atoms with Gasteiger partial charge in [0.2, 0.25) is 0 Å². The molecule has 2 nitrogen and oxygen atoms in total. The van der Waals surface area contributed by atoms with Crippen molar-refractivity contribution in [3.63, 3.8) is 0 Å². The highest BCUT2D eigenvalue weighted by molar-refractivity contribution is 6.32. The van der Waals surface area contributed by atoms with Crippen LogP contribution in [0.25, 0.3) is 12.2 Å². The van der Waals surface area contributed by atoms with Crippen molar-refractivity contribution in [3.05, 3.63) is 113 Å². The molecule has 3 rings (SSSR count). The average Bonchev–Trinajstić information content (AvgIpc) is 2.78. The number of ether oxygens (including phenoxy) is 1. The van der Waals surface area contributed by atoms with Crippen LogP contribution in [0.2, 0.25) is 5.02 Å². The van der Waals surface area contributed by atoms with Gasteiger partial charge in [0.05, 0.1) is 17.2 Å². The van der Waals surface area contributed by atoms with E-state index in [1.54, 1.807) is 12.2 Å². The van der Waals surface area contributed by atoms with Gasteiger partial charge in [-0.25, -0.2) is 0 Å². The Morgan fingerprint density at radius 2 is 1.45 bits per heavy atom. The fraction of sp³-hybridized carbons (Fsp3) is 0.120. The van der Waals surface area contributed by atoms with Gasteiger partial charge in [0.15, 0.2) is 0 Å². The summed E-state index contributed by atoms with van der Waals surface area (Å²) in [6.07, 6.45) is -0.950. The van der Waals surface area contributed by atoms with Gasteiger partial charge in [0.25, 0.3) is 0 Å². The van der Waals surface area contributed by atoms with Crippen molar-refractivity contribution < 1.29 is 23.0 Å². The molecule has 0 spiro atoms. The molecule has 0 saturated carbocycles. The molecule has 3 aromatic rings. The lowest BCUT2D eigenvalue weighted by Gasteiger charge is -2.11. The normalized spacial score (nSPS) is 10.6. The highest BCUT2D eigenvalue weighted by Gasteiger charge is 2.31. The fourth-order valence-electron chi connectivity index (χ4n) is 2.58. The molecule has 0 unspecified atom stereocenters. The zero-order chi connectivity index (χ0) is 22.9. The molecule has 3 aromatic carbocycles. The lowest BCUT2D eigenvalue weighted by Crippen LogP contribution is -2.05. The smallest absolute Gasteiger partial charge is 0.416 e. The maximum atomic E-state index is 12.5. The molecule has 0 aliphatic carbocycles. The van der Waals surface area contributed by atoms with Gasteiger partial charge in [0, 0.05) is 0 Å². The van der Waals surface area contributed by atoms with E-state index >= 15 is 0 Å². The van der Waals surface area contributed by atoms with E-state index in [1.165, 1.54) is 6.07 Å². The summed E-state index contributed by atoms with van der Waals surface area (Å²) in [5, 5.41) is 8.66. The third-order valence-electron chi connectivity index (χ3n) is 4.21. The monoisotopic (exact) mass is 446 g/mol. The molecule has 0 atom stereocenters. The molecule has 162 valence electrons. The van der Waals surface area contributed by atoms with Crippen LogP contribution in [0.15, 0.2) is 79.9 Å².